The van der Waals surface area contributed by atoms with Crippen LogP contribution in [0.4, 0.5) is 11.4 Å². The molecule has 2 heterocycles. The standard InChI is InChI=1S/C29H26N2O3/c32-29(21-9-13-25(14-10-21)30-17-23-5-1-3-7-27(23)33-19-30)22-11-15-26(16-12-22)31-18-24-6-2-4-8-28(24)34-20-31/h1-16,29,32H,17-20H2. The summed E-state index contributed by atoms with van der Waals surface area (Å²) in [6, 6.07) is 32.4. The monoisotopic (exact) mass is 450 g/mol. The number of hydrogen-bond acceptors (Lipinski definition) is 5. The van der Waals surface area contributed by atoms with E-state index in [0.29, 0.717) is 13.5 Å². The summed E-state index contributed by atoms with van der Waals surface area (Å²) in [6.07, 6.45) is -0.681. The van der Waals surface area contributed by atoms with Crippen molar-refractivity contribution in [1.29, 1.82) is 0 Å². The Labute approximate surface area is 199 Å². The van der Waals surface area contributed by atoms with Crippen molar-refractivity contribution in [3.8, 4) is 11.5 Å². The Morgan fingerprint density at radius 2 is 0.971 bits per heavy atom. The smallest absolute Gasteiger partial charge is 0.161 e. The van der Waals surface area contributed by atoms with E-state index in [9.17, 15) is 5.11 Å². The molecule has 0 saturated heterocycles. The molecule has 4 aromatic rings. The van der Waals surface area contributed by atoms with Gasteiger partial charge in [0.05, 0.1) is 0 Å². The zero-order chi connectivity index (χ0) is 22.9. The fourth-order valence-corrected chi connectivity index (χ4v) is 4.61. The molecule has 2 aliphatic heterocycles. The minimum absolute atomic E-state index is 0.519. The first kappa shape index (κ1) is 20.6. The molecule has 0 spiro atoms. The third-order valence-electron chi connectivity index (χ3n) is 6.57. The van der Waals surface area contributed by atoms with Crippen LogP contribution in [-0.2, 0) is 13.1 Å². The first-order chi connectivity index (χ1) is 16.7. The lowest BCUT2D eigenvalue weighted by Crippen LogP contribution is -2.31. The van der Waals surface area contributed by atoms with E-state index >= 15 is 0 Å². The summed E-state index contributed by atoms with van der Waals surface area (Å²) in [5, 5.41) is 11.0. The molecular formula is C29H26N2O3. The Bertz CT molecular complexity index is 1190. The maximum absolute atomic E-state index is 11.0. The van der Waals surface area contributed by atoms with Crippen LogP contribution in [0.25, 0.3) is 0 Å². The van der Waals surface area contributed by atoms with Gasteiger partial charge in [-0.05, 0) is 47.5 Å². The van der Waals surface area contributed by atoms with Crippen molar-refractivity contribution in [2.45, 2.75) is 19.2 Å². The summed E-state index contributed by atoms with van der Waals surface area (Å²) in [6.45, 7) is 2.66. The highest BCUT2D eigenvalue weighted by molar-refractivity contribution is 5.53. The fourth-order valence-electron chi connectivity index (χ4n) is 4.61. The molecule has 0 atom stereocenters. The molecule has 0 aliphatic carbocycles. The lowest BCUT2D eigenvalue weighted by atomic mass is 10.0. The van der Waals surface area contributed by atoms with Crippen molar-refractivity contribution in [1.82, 2.24) is 0 Å². The second kappa shape index (κ2) is 8.76. The highest BCUT2D eigenvalue weighted by atomic mass is 16.5. The van der Waals surface area contributed by atoms with Gasteiger partial charge >= 0.3 is 0 Å². The predicted octanol–water partition coefficient (Wildman–Crippen LogP) is 5.48. The molecule has 4 aromatic carbocycles. The van der Waals surface area contributed by atoms with Gasteiger partial charge in [-0.3, -0.25) is 0 Å². The Morgan fingerprint density at radius 3 is 1.41 bits per heavy atom. The van der Waals surface area contributed by atoms with Crippen LogP contribution >= 0.6 is 0 Å². The average molecular weight is 451 g/mol. The first-order valence-corrected chi connectivity index (χ1v) is 11.5. The number of aliphatic hydroxyl groups excluding tert-OH is 1. The second-order valence-corrected chi connectivity index (χ2v) is 8.74. The van der Waals surface area contributed by atoms with E-state index in [-0.39, 0.29) is 0 Å². The molecule has 0 unspecified atom stereocenters. The van der Waals surface area contributed by atoms with Crippen molar-refractivity contribution < 1.29 is 14.6 Å². The van der Waals surface area contributed by atoms with Gasteiger partial charge < -0.3 is 24.4 Å². The first-order valence-electron chi connectivity index (χ1n) is 11.5. The third-order valence-corrected chi connectivity index (χ3v) is 6.57. The predicted molar refractivity (Wildman–Crippen MR) is 133 cm³/mol. The van der Waals surface area contributed by atoms with Gasteiger partial charge in [0.2, 0.25) is 0 Å². The lowest BCUT2D eigenvalue weighted by Gasteiger charge is -2.31. The van der Waals surface area contributed by atoms with Crippen LogP contribution in [0, 0.1) is 0 Å². The van der Waals surface area contributed by atoms with Gasteiger partial charge in [-0.2, -0.15) is 0 Å². The van der Waals surface area contributed by atoms with Crippen LogP contribution in [0.3, 0.4) is 0 Å². The summed E-state index contributed by atoms with van der Waals surface area (Å²) >= 11 is 0. The van der Waals surface area contributed by atoms with Gasteiger partial charge in [0.1, 0.15) is 17.6 Å². The lowest BCUT2D eigenvalue weighted by molar-refractivity contribution is 0.220. The largest absolute Gasteiger partial charge is 0.473 e. The van der Waals surface area contributed by atoms with Crippen LogP contribution < -0.4 is 19.3 Å². The Kier molecular flexibility index (Phi) is 5.32. The molecule has 0 bridgehead atoms. The van der Waals surface area contributed by atoms with Gasteiger partial charge in [0, 0.05) is 35.6 Å². The van der Waals surface area contributed by atoms with E-state index in [1.807, 2.05) is 84.9 Å². The van der Waals surface area contributed by atoms with E-state index in [2.05, 4.69) is 21.9 Å². The fraction of sp³-hybridized carbons (Fsp3) is 0.172. The van der Waals surface area contributed by atoms with Gasteiger partial charge in [-0.25, -0.2) is 0 Å². The van der Waals surface area contributed by atoms with E-state index in [4.69, 9.17) is 9.47 Å². The number of benzene rings is 4. The number of ether oxygens (including phenoxy) is 2. The molecule has 5 nitrogen and oxygen atoms in total. The van der Waals surface area contributed by atoms with Gasteiger partial charge in [0.25, 0.3) is 0 Å². The molecule has 0 amide bonds. The number of rotatable bonds is 4. The van der Waals surface area contributed by atoms with Crippen molar-refractivity contribution in [2.24, 2.45) is 0 Å². The summed E-state index contributed by atoms with van der Waals surface area (Å²) in [4.78, 5) is 4.37. The van der Waals surface area contributed by atoms with Crippen molar-refractivity contribution in [2.75, 3.05) is 23.3 Å². The van der Waals surface area contributed by atoms with Crippen LogP contribution in [0.5, 0.6) is 11.5 Å². The molecule has 0 radical (unpaired) electrons. The second-order valence-electron chi connectivity index (χ2n) is 8.74. The Balaban J connectivity index is 1.13. The molecule has 34 heavy (non-hydrogen) atoms. The summed E-state index contributed by atoms with van der Waals surface area (Å²) in [5.41, 5.74) is 6.24. The van der Waals surface area contributed by atoms with Crippen LogP contribution in [0.15, 0.2) is 97.1 Å². The normalized spacial score (nSPS) is 14.8. The van der Waals surface area contributed by atoms with Crippen molar-refractivity contribution >= 4 is 11.4 Å². The maximum atomic E-state index is 11.0. The topological polar surface area (TPSA) is 45.2 Å². The summed E-state index contributed by atoms with van der Waals surface area (Å²) < 4.78 is 11.8. The number of anilines is 2. The molecule has 1 N–H and O–H groups in total. The molecule has 6 rings (SSSR count). The molecule has 5 heteroatoms. The zero-order valence-corrected chi connectivity index (χ0v) is 18.8. The molecule has 2 aliphatic rings. The van der Waals surface area contributed by atoms with E-state index in [0.717, 1.165) is 47.1 Å². The molecule has 0 fully saturated rings. The average Bonchev–Trinajstić information content (AvgIpc) is 2.92. The highest BCUT2D eigenvalue weighted by Crippen LogP contribution is 2.32. The van der Waals surface area contributed by atoms with Crippen LogP contribution in [0.2, 0.25) is 0 Å². The number of hydrogen-bond donors (Lipinski definition) is 1. The highest BCUT2D eigenvalue weighted by Gasteiger charge is 2.19. The molecule has 0 saturated carbocycles. The molecule has 0 aromatic heterocycles. The summed E-state index contributed by atoms with van der Waals surface area (Å²) in [5.74, 6) is 1.91. The minimum Gasteiger partial charge on any atom is -0.473 e. The van der Waals surface area contributed by atoms with Gasteiger partial charge in [-0.1, -0.05) is 60.7 Å². The molecular weight excluding hydrogens is 424 g/mol. The Hall–Kier alpha value is -3.96. The quantitative estimate of drug-likeness (QED) is 0.446. The SMILES string of the molecule is OC(c1ccc(N2COc3ccccc3C2)cc1)c1ccc(N2COc3ccccc3C2)cc1. The van der Waals surface area contributed by atoms with E-state index in [1.54, 1.807) is 0 Å². The van der Waals surface area contributed by atoms with Gasteiger partial charge in [-0.15, -0.1) is 0 Å². The van der Waals surface area contributed by atoms with Crippen LogP contribution in [-0.4, -0.2) is 18.6 Å². The van der Waals surface area contributed by atoms with E-state index in [1.165, 1.54) is 11.1 Å². The summed E-state index contributed by atoms with van der Waals surface area (Å²) in [7, 11) is 0. The Morgan fingerprint density at radius 1 is 0.559 bits per heavy atom. The maximum Gasteiger partial charge on any atom is 0.161 e. The van der Waals surface area contributed by atoms with Crippen LogP contribution in [0.1, 0.15) is 28.4 Å². The number of aliphatic hydroxyl groups is 1. The van der Waals surface area contributed by atoms with Crippen molar-refractivity contribution in [3.05, 3.63) is 119 Å². The van der Waals surface area contributed by atoms with Gasteiger partial charge in [0.15, 0.2) is 13.5 Å². The third kappa shape index (κ3) is 3.95. The van der Waals surface area contributed by atoms with Crippen molar-refractivity contribution in [3.63, 3.8) is 0 Å². The number of fused-ring (bicyclic) bond motifs is 2. The minimum atomic E-state index is -0.681. The number of nitrogens with zero attached hydrogens (tertiary/aromatic N) is 2. The molecule has 170 valence electrons. The van der Waals surface area contributed by atoms with E-state index < -0.39 is 6.10 Å². The number of para-hydroxylation sites is 2. The zero-order valence-electron chi connectivity index (χ0n) is 18.8.